The van der Waals surface area contributed by atoms with Crippen LogP contribution >= 0.6 is 0 Å². The SMILES string of the molecule is CC(=O)N1CCCN(C(=O)N(CC(=O)O)CC(C)C)CC1. The predicted molar refractivity (Wildman–Crippen MR) is 77.9 cm³/mol. The average Bonchev–Trinajstić information content (AvgIpc) is 2.61. The Bertz CT molecular complexity index is 398. The van der Waals surface area contributed by atoms with Gasteiger partial charge in [-0.2, -0.15) is 0 Å². The number of rotatable bonds is 4. The lowest BCUT2D eigenvalue weighted by atomic mass is 10.2. The second-order valence-electron chi connectivity index (χ2n) is 5.80. The molecule has 0 atom stereocenters. The van der Waals surface area contributed by atoms with Crippen LogP contribution in [-0.4, -0.2) is 77.0 Å². The summed E-state index contributed by atoms with van der Waals surface area (Å²) in [6.07, 6.45) is 0.716. The van der Waals surface area contributed by atoms with E-state index in [1.54, 1.807) is 9.80 Å². The van der Waals surface area contributed by atoms with Crippen molar-refractivity contribution >= 4 is 17.9 Å². The predicted octanol–water partition coefficient (Wildman–Crippen LogP) is 0.703. The van der Waals surface area contributed by atoms with Gasteiger partial charge in [-0.15, -0.1) is 0 Å². The van der Waals surface area contributed by atoms with Gasteiger partial charge in [0, 0.05) is 39.6 Å². The van der Waals surface area contributed by atoms with Gasteiger partial charge in [0.1, 0.15) is 6.54 Å². The molecule has 7 heteroatoms. The maximum atomic E-state index is 12.5. The fraction of sp³-hybridized carbons (Fsp3) is 0.786. The summed E-state index contributed by atoms with van der Waals surface area (Å²) in [6, 6.07) is -0.253. The van der Waals surface area contributed by atoms with Gasteiger partial charge in [0.05, 0.1) is 0 Å². The summed E-state index contributed by atoms with van der Waals surface area (Å²) in [5.41, 5.74) is 0. The minimum absolute atomic E-state index is 0.00821. The summed E-state index contributed by atoms with van der Waals surface area (Å²) in [7, 11) is 0. The molecule has 0 aromatic rings. The Morgan fingerprint density at radius 3 is 2.19 bits per heavy atom. The Hall–Kier alpha value is -1.79. The van der Waals surface area contributed by atoms with Gasteiger partial charge in [0.2, 0.25) is 5.91 Å². The molecule has 0 aromatic carbocycles. The number of hydrogen-bond acceptors (Lipinski definition) is 3. The van der Waals surface area contributed by atoms with Crippen molar-refractivity contribution in [1.82, 2.24) is 14.7 Å². The van der Waals surface area contributed by atoms with Crippen molar-refractivity contribution in [3.8, 4) is 0 Å². The molecule has 1 aliphatic heterocycles. The van der Waals surface area contributed by atoms with Crippen LogP contribution in [-0.2, 0) is 9.59 Å². The van der Waals surface area contributed by atoms with Gasteiger partial charge in [-0.05, 0) is 12.3 Å². The second kappa shape index (κ2) is 7.85. The van der Waals surface area contributed by atoms with E-state index in [0.29, 0.717) is 39.1 Å². The van der Waals surface area contributed by atoms with Crippen LogP contribution < -0.4 is 0 Å². The smallest absolute Gasteiger partial charge is 0.323 e. The fourth-order valence-electron chi connectivity index (χ4n) is 2.44. The van der Waals surface area contributed by atoms with Gasteiger partial charge in [0.15, 0.2) is 0 Å². The number of carbonyl (C=O) groups is 3. The maximum Gasteiger partial charge on any atom is 0.323 e. The lowest BCUT2D eigenvalue weighted by molar-refractivity contribution is -0.137. The molecule has 21 heavy (non-hydrogen) atoms. The molecule has 1 heterocycles. The highest BCUT2D eigenvalue weighted by atomic mass is 16.4. The molecule has 1 rings (SSSR count). The molecular weight excluding hydrogens is 274 g/mol. The first-order valence-corrected chi connectivity index (χ1v) is 7.32. The molecule has 1 fully saturated rings. The number of nitrogens with zero attached hydrogens (tertiary/aromatic N) is 3. The van der Waals surface area contributed by atoms with Crippen molar-refractivity contribution < 1.29 is 19.5 Å². The molecule has 1 aliphatic rings. The van der Waals surface area contributed by atoms with Crippen molar-refractivity contribution in [3.63, 3.8) is 0 Å². The zero-order valence-corrected chi connectivity index (χ0v) is 13.0. The van der Waals surface area contributed by atoms with E-state index in [1.807, 2.05) is 13.8 Å². The van der Waals surface area contributed by atoms with Crippen molar-refractivity contribution in [2.24, 2.45) is 5.92 Å². The number of carbonyl (C=O) groups excluding carboxylic acids is 2. The van der Waals surface area contributed by atoms with E-state index in [2.05, 4.69) is 0 Å². The van der Waals surface area contributed by atoms with E-state index in [-0.39, 0.29) is 24.4 Å². The number of amides is 3. The van der Waals surface area contributed by atoms with E-state index in [9.17, 15) is 14.4 Å². The van der Waals surface area contributed by atoms with Crippen LogP contribution in [0.4, 0.5) is 4.79 Å². The van der Waals surface area contributed by atoms with E-state index in [0.717, 1.165) is 0 Å². The Morgan fingerprint density at radius 1 is 1.10 bits per heavy atom. The standard InChI is InChI=1S/C14H25N3O4/c1-11(2)9-17(10-13(19)20)14(21)16-6-4-5-15(7-8-16)12(3)18/h11H,4-10H2,1-3H3,(H,19,20). The first-order chi connectivity index (χ1) is 9.81. The summed E-state index contributed by atoms with van der Waals surface area (Å²) in [6.45, 7) is 7.69. The molecule has 7 nitrogen and oxygen atoms in total. The van der Waals surface area contributed by atoms with Gasteiger partial charge in [-0.1, -0.05) is 13.8 Å². The molecule has 0 spiro atoms. The number of urea groups is 1. The van der Waals surface area contributed by atoms with Crippen LogP contribution in [0.5, 0.6) is 0 Å². The molecule has 0 bridgehead atoms. The molecule has 1 N–H and O–H groups in total. The summed E-state index contributed by atoms with van der Waals surface area (Å²) in [5, 5.41) is 8.95. The first-order valence-electron chi connectivity index (χ1n) is 7.32. The van der Waals surface area contributed by atoms with Gasteiger partial charge < -0.3 is 19.8 Å². The normalized spacial score (nSPS) is 15.8. The molecule has 0 saturated carbocycles. The third-order valence-electron chi connectivity index (χ3n) is 3.39. The average molecular weight is 299 g/mol. The van der Waals surface area contributed by atoms with E-state index in [1.165, 1.54) is 11.8 Å². The molecule has 120 valence electrons. The van der Waals surface area contributed by atoms with Crippen molar-refractivity contribution in [2.45, 2.75) is 27.2 Å². The molecule has 0 aliphatic carbocycles. The molecule has 3 amide bonds. The van der Waals surface area contributed by atoms with Crippen molar-refractivity contribution in [3.05, 3.63) is 0 Å². The van der Waals surface area contributed by atoms with Crippen LogP contribution in [0.2, 0.25) is 0 Å². The monoisotopic (exact) mass is 299 g/mol. The van der Waals surface area contributed by atoms with Gasteiger partial charge in [0.25, 0.3) is 0 Å². The second-order valence-corrected chi connectivity index (χ2v) is 5.80. The molecule has 0 aromatic heterocycles. The number of carboxylic acids is 1. The van der Waals surface area contributed by atoms with E-state index >= 15 is 0 Å². The molecule has 1 saturated heterocycles. The van der Waals surface area contributed by atoms with Crippen LogP contribution in [0.15, 0.2) is 0 Å². The van der Waals surface area contributed by atoms with E-state index in [4.69, 9.17) is 5.11 Å². The fourth-order valence-corrected chi connectivity index (χ4v) is 2.44. The highest BCUT2D eigenvalue weighted by molar-refractivity contribution is 5.80. The quantitative estimate of drug-likeness (QED) is 0.828. The summed E-state index contributed by atoms with van der Waals surface area (Å²) >= 11 is 0. The van der Waals surface area contributed by atoms with Crippen LogP contribution in [0, 0.1) is 5.92 Å². The Labute approximate surface area is 125 Å². The van der Waals surface area contributed by atoms with Gasteiger partial charge in [-0.25, -0.2) is 4.79 Å². The molecular formula is C14H25N3O4. The Balaban J connectivity index is 2.69. The Morgan fingerprint density at radius 2 is 1.67 bits per heavy atom. The number of carboxylic acid groups (broad SMARTS) is 1. The molecule has 0 unspecified atom stereocenters. The van der Waals surface area contributed by atoms with E-state index < -0.39 is 5.97 Å². The highest BCUT2D eigenvalue weighted by Crippen LogP contribution is 2.09. The third kappa shape index (κ3) is 5.61. The first kappa shape index (κ1) is 17.3. The minimum atomic E-state index is -1.01. The summed E-state index contributed by atoms with van der Waals surface area (Å²) < 4.78 is 0. The summed E-state index contributed by atoms with van der Waals surface area (Å²) in [5.74, 6) is -0.799. The largest absolute Gasteiger partial charge is 0.480 e. The van der Waals surface area contributed by atoms with Crippen LogP contribution in [0.25, 0.3) is 0 Å². The van der Waals surface area contributed by atoms with Crippen molar-refractivity contribution in [2.75, 3.05) is 39.3 Å². The maximum absolute atomic E-state index is 12.5. The number of aliphatic carboxylic acids is 1. The lowest BCUT2D eigenvalue weighted by Crippen LogP contribution is -2.48. The summed E-state index contributed by atoms with van der Waals surface area (Å²) in [4.78, 5) is 39.5. The van der Waals surface area contributed by atoms with Gasteiger partial charge in [-0.3, -0.25) is 9.59 Å². The van der Waals surface area contributed by atoms with Crippen molar-refractivity contribution in [1.29, 1.82) is 0 Å². The van der Waals surface area contributed by atoms with Gasteiger partial charge >= 0.3 is 12.0 Å². The highest BCUT2D eigenvalue weighted by Gasteiger charge is 2.26. The lowest BCUT2D eigenvalue weighted by Gasteiger charge is -2.30. The molecule has 0 radical (unpaired) electrons. The van der Waals surface area contributed by atoms with Crippen LogP contribution in [0.1, 0.15) is 27.2 Å². The van der Waals surface area contributed by atoms with Crippen LogP contribution in [0.3, 0.4) is 0 Å². The Kier molecular flexibility index (Phi) is 6.45. The zero-order valence-electron chi connectivity index (χ0n) is 13.0. The zero-order chi connectivity index (χ0) is 16.0. The number of hydrogen-bond donors (Lipinski definition) is 1. The third-order valence-corrected chi connectivity index (χ3v) is 3.39. The topological polar surface area (TPSA) is 81.2 Å². The minimum Gasteiger partial charge on any atom is -0.480 e.